The Kier molecular flexibility index (Phi) is 5.16. The summed E-state index contributed by atoms with van der Waals surface area (Å²) >= 11 is 0. The lowest BCUT2D eigenvalue weighted by Crippen LogP contribution is -2.33. The van der Waals surface area contributed by atoms with E-state index in [0.717, 1.165) is 25.9 Å². The molecule has 1 amide bonds. The van der Waals surface area contributed by atoms with Crippen molar-refractivity contribution in [2.24, 2.45) is 0 Å². The Hall–Kier alpha value is -1.40. The summed E-state index contributed by atoms with van der Waals surface area (Å²) < 4.78 is 10.5. The van der Waals surface area contributed by atoms with Crippen LogP contribution in [0.25, 0.3) is 0 Å². The molecule has 2 N–H and O–H groups in total. The van der Waals surface area contributed by atoms with Crippen LogP contribution in [0.4, 0.5) is 0 Å². The molecule has 18 heavy (non-hydrogen) atoms. The molecule has 1 aliphatic heterocycles. The smallest absolute Gasteiger partial charge is 0.222 e. The summed E-state index contributed by atoms with van der Waals surface area (Å²) in [4.78, 5) is 11.5. The van der Waals surface area contributed by atoms with Crippen molar-refractivity contribution >= 4 is 5.91 Å². The summed E-state index contributed by atoms with van der Waals surface area (Å²) in [6, 6.07) is 1.73. The highest BCUT2D eigenvalue weighted by atomic mass is 16.5. The molecule has 0 saturated carbocycles. The number of rotatable bonds is 6. The number of hydrogen-bond donors (Lipinski definition) is 2. The van der Waals surface area contributed by atoms with E-state index in [2.05, 4.69) is 15.8 Å². The normalized spacial score (nSPS) is 16.7. The molecule has 0 atom stereocenters. The maximum atomic E-state index is 11.5. The molecule has 1 aliphatic rings. The Labute approximate surface area is 106 Å². The number of piperidine rings is 1. The van der Waals surface area contributed by atoms with Crippen molar-refractivity contribution in [3.63, 3.8) is 0 Å². The molecule has 0 unspecified atom stereocenters. The Bertz CT molecular complexity index is 347. The largest absolute Gasteiger partial charge is 0.378 e. The van der Waals surface area contributed by atoms with Gasteiger partial charge in [0, 0.05) is 12.5 Å². The van der Waals surface area contributed by atoms with E-state index in [1.807, 2.05) is 0 Å². The number of amides is 1. The summed E-state index contributed by atoms with van der Waals surface area (Å²) in [5, 5.41) is 9.60. The van der Waals surface area contributed by atoms with Crippen LogP contribution in [0, 0.1) is 0 Å². The van der Waals surface area contributed by atoms with Crippen molar-refractivity contribution in [1.82, 2.24) is 15.8 Å². The number of carbonyl (C=O) groups excluding carboxylic acids is 1. The van der Waals surface area contributed by atoms with Crippen molar-refractivity contribution in [3.05, 3.63) is 18.0 Å². The first-order valence-corrected chi connectivity index (χ1v) is 6.33. The molecule has 1 aromatic rings. The lowest BCUT2D eigenvalue weighted by Gasteiger charge is -2.22. The maximum absolute atomic E-state index is 11.5. The van der Waals surface area contributed by atoms with Gasteiger partial charge in [-0.15, -0.1) is 0 Å². The Balaban J connectivity index is 1.54. The lowest BCUT2D eigenvalue weighted by molar-refractivity contribution is -0.123. The number of nitrogens with zero attached hydrogens (tertiary/aromatic N) is 1. The summed E-state index contributed by atoms with van der Waals surface area (Å²) in [6.45, 7) is 2.86. The molecule has 0 aliphatic carbocycles. The monoisotopic (exact) mass is 253 g/mol. The van der Waals surface area contributed by atoms with Crippen LogP contribution in [0.5, 0.6) is 0 Å². The van der Waals surface area contributed by atoms with Gasteiger partial charge in [0.1, 0.15) is 0 Å². The van der Waals surface area contributed by atoms with Crippen molar-refractivity contribution in [1.29, 1.82) is 0 Å². The number of aromatic nitrogens is 1. The van der Waals surface area contributed by atoms with Crippen molar-refractivity contribution in [3.8, 4) is 0 Å². The zero-order valence-corrected chi connectivity index (χ0v) is 10.4. The van der Waals surface area contributed by atoms with Gasteiger partial charge in [-0.2, -0.15) is 0 Å². The van der Waals surface area contributed by atoms with Crippen LogP contribution >= 0.6 is 0 Å². The Morgan fingerprint density at radius 1 is 1.56 bits per heavy atom. The second kappa shape index (κ2) is 7.13. The average molecular weight is 253 g/mol. The van der Waals surface area contributed by atoms with Gasteiger partial charge in [0.05, 0.1) is 25.5 Å². The second-order valence-corrected chi connectivity index (χ2v) is 4.33. The summed E-state index contributed by atoms with van der Waals surface area (Å²) in [5.41, 5.74) is 0. The molecule has 6 heteroatoms. The second-order valence-electron chi connectivity index (χ2n) is 4.33. The fourth-order valence-electron chi connectivity index (χ4n) is 1.89. The van der Waals surface area contributed by atoms with Crippen LogP contribution in [0.1, 0.15) is 25.0 Å². The van der Waals surface area contributed by atoms with E-state index in [9.17, 15) is 4.79 Å². The minimum Gasteiger partial charge on any atom is -0.378 e. The third kappa shape index (κ3) is 4.46. The van der Waals surface area contributed by atoms with E-state index >= 15 is 0 Å². The first-order chi connectivity index (χ1) is 8.84. The maximum Gasteiger partial charge on any atom is 0.222 e. The molecule has 0 spiro atoms. The summed E-state index contributed by atoms with van der Waals surface area (Å²) in [5.74, 6) is 0.628. The summed E-state index contributed by atoms with van der Waals surface area (Å²) in [7, 11) is 0. The highest BCUT2D eigenvalue weighted by molar-refractivity contribution is 5.75. The minimum atomic E-state index is -0.0275. The van der Waals surface area contributed by atoms with Crippen LogP contribution < -0.4 is 10.6 Å². The van der Waals surface area contributed by atoms with Gasteiger partial charge in [0.15, 0.2) is 5.76 Å². The van der Waals surface area contributed by atoms with E-state index in [1.165, 1.54) is 0 Å². The summed E-state index contributed by atoms with van der Waals surface area (Å²) in [6.07, 6.45) is 4.30. The van der Waals surface area contributed by atoms with Gasteiger partial charge >= 0.3 is 0 Å². The number of ether oxygens (including phenoxy) is 1. The average Bonchev–Trinajstić information content (AvgIpc) is 2.91. The van der Waals surface area contributed by atoms with Gasteiger partial charge in [-0.05, 0) is 25.9 Å². The van der Waals surface area contributed by atoms with E-state index in [-0.39, 0.29) is 5.91 Å². The first kappa shape index (κ1) is 13.0. The molecule has 1 aromatic heterocycles. The fraction of sp³-hybridized carbons (Fsp3) is 0.667. The van der Waals surface area contributed by atoms with Gasteiger partial charge in [-0.1, -0.05) is 5.16 Å². The predicted molar refractivity (Wildman–Crippen MR) is 64.8 cm³/mol. The number of nitrogens with one attached hydrogen (secondary N) is 2. The molecular formula is C12H19N3O3. The van der Waals surface area contributed by atoms with E-state index in [4.69, 9.17) is 9.26 Å². The topological polar surface area (TPSA) is 76.4 Å². The van der Waals surface area contributed by atoms with Gasteiger partial charge in [0.25, 0.3) is 0 Å². The zero-order chi connectivity index (χ0) is 12.6. The van der Waals surface area contributed by atoms with Crippen LogP contribution in [-0.4, -0.2) is 36.9 Å². The molecule has 2 rings (SSSR count). The van der Waals surface area contributed by atoms with Crippen molar-refractivity contribution < 1.29 is 14.1 Å². The van der Waals surface area contributed by atoms with Crippen LogP contribution in [0.3, 0.4) is 0 Å². The molecule has 0 radical (unpaired) electrons. The third-order valence-electron chi connectivity index (χ3n) is 2.92. The van der Waals surface area contributed by atoms with Crippen molar-refractivity contribution in [2.45, 2.75) is 31.9 Å². The minimum absolute atomic E-state index is 0.0275. The highest BCUT2D eigenvalue weighted by Crippen LogP contribution is 2.07. The van der Waals surface area contributed by atoms with E-state index in [0.29, 0.717) is 31.4 Å². The fourth-order valence-corrected chi connectivity index (χ4v) is 1.89. The van der Waals surface area contributed by atoms with Crippen molar-refractivity contribution in [2.75, 3.05) is 19.7 Å². The molecular weight excluding hydrogens is 234 g/mol. The quantitative estimate of drug-likeness (QED) is 0.769. The molecule has 1 fully saturated rings. The van der Waals surface area contributed by atoms with Gasteiger partial charge in [-0.25, -0.2) is 0 Å². The van der Waals surface area contributed by atoms with Crippen LogP contribution in [0.15, 0.2) is 16.8 Å². The number of hydrogen-bond acceptors (Lipinski definition) is 5. The molecule has 0 bridgehead atoms. The third-order valence-corrected chi connectivity index (χ3v) is 2.92. The number of carbonyl (C=O) groups is 1. The predicted octanol–water partition coefficient (Wildman–Crippen LogP) is 0.450. The molecule has 100 valence electrons. The van der Waals surface area contributed by atoms with Crippen LogP contribution in [-0.2, 0) is 16.1 Å². The van der Waals surface area contributed by atoms with Gasteiger partial charge in [0.2, 0.25) is 5.91 Å². The molecule has 2 heterocycles. The van der Waals surface area contributed by atoms with Gasteiger partial charge in [-0.3, -0.25) is 4.79 Å². The van der Waals surface area contributed by atoms with E-state index < -0.39 is 0 Å². The molecule has 1 saturated heterocycles. The Morgan fingerprint density at radius 3 is 3.11 bits per heavy atom. The Morgan fingerprint density at radius 2 is 2.39 bits per heavy atom. The first-order valence-electron chi connectivity index (χ1n) is 6.33. The highest BCUT2D eigenvalue weighted by Gasteiger charge is 2.13. The van der Waals surface area contributed by atoms with Gasteiger partial charge < -0.3 is 19.9 Å². The SMILES string of the molecule is O=C(CCOC1CCNCC1)NCc1ccno1. The van der Waals surface area contributed by atoms with E-state index in [1.54, 1.807) is 12.3 Å². The van der Waals surface area contributed by atoms with Crippen LogP contribution in [0.2, 0.25) is 0 Å². The molecule has 6 nitrogen and oxygen atoms in total. The lowest BCUT2D eigenvalue weighted by atomic mass is 10.1. The standard InChI is InChI=1S/C12H19N3O3/c16-12(14-9-11-3-7-15-18-11)4-8-17-10-1-5-13-6-2-10/h3,7,10,13H,1-2,4-6,8-9H2,(H,14,16). The zero-order valence-electron chi connectivity index (χ0n) is 10.4. The molecule has 0 aromatic carbocycles.